The fraction of sp³-hybridized carbons (Fsp3) is 0.316. The summed E-state index contributed by atoms with van der Waals surface area (Å²) in [5.74, 6) is -1.03. The molecule has 1 heterocycles. The first-order valence-electron chi connectivity index (χ1n) is 8.22. The molecule has 6 nitrogen and oxygen atoms in total. The van der Waals surface area contributed by atoms with Gasteiger partial charge in [0.15, 0.2) is 0 Å². The van der Waals surface area contributed by atoms with E-state index in [1.807, 2.05) is 13.1 Å². The molecule has 2 rings (SSSR count). The summed E-state index contributed by atoms with van der Waals surface area (Å²) in [5.41, 5.74) is 2.08. The van der Waals surface area contributed by atoms with Crippen LogP contribution in [0.1, 0.15) is 40.7 Å². The third-order valence-corrected chi connectivity index (χ3v) is 3.87. The van der Waals surface area contributed by atoms with Gasteiger partial charge in [-0.15, -0.1) is 0 Å². The van der Waals surface area contributed by atoms with Crippen molar-refractivity contribution in [2.75, 3.05) is 0 Å². The lowest BCUT2D eigenvalue weighted by Gasteiger charge is -2.07. The molecule has 2 N–H and O–H groups in total. The molecule has 1 amide bonds. The smallest absolute Gasteiger partial charge is 0.335 e. The van der Waals surface area contributed by atoms with E-state index >= 15 is 0 Å². The van der Waals surface area contributed by atoms with Crippen molar-refractivity contribution in [2.45, 2.75) is 39.3 Å². The molecular formula is C19H22N2O4. The molecule has 0 spiro atoms. The van der Waals surface area contributed by atoms with Crippen LogP contribution in [0.25, 0.3) is 0 Å². The molecule has 0 bridgehead atoms. The Morgan fingerprint density at radius 3 is 2.48 bits per heavy atom. The first-order chi connectivity index (χ1) is 12.0. The molecule has 1 aromatic carbocycles. The number of aryl methyl sites for hydroxylation is 2. The number of carboxylic acids is 1. The van der Waals surface area contributed by atoms with E-state index in [0.29, 0.717) is 25.9 Å². The van der Waals surface area contributed by atoms with Crippen LogP contribution in [-0.4, -0.2) is 21.6 Å². The number of benzene rings is 1. The van der Waals surface area contributed by atoms with E-state index in [4.69, 9.17) is 5.11 Å². The lowest BCUT2D eigenvalue weighted by atomic mass is 10.1. The Balaban J connectivity index is 1.69. The number of aromatic nitrogens is 1. The molecule has 0 unspecified atom stereocenters. The van der Waals surface area contributed by atoms with Crippen LogP contribution in [0.2, 0.25) is 0 Å². The largest absolute Gasteiger partial charge is 0.478 e. The summed E-state index contributed by atoms with van der Waals surface area (Å²) >= 11 is 0. The highest BCUT2D eigenvalue weighted by molar-refractivity contribution is 5.87. The van der Waals surface area contributed by atoms with E-state index in [2.05, 4.69) is 5.32 Å². The van der Waals surface area contributed by atoms with E-state index in [-0.39, 0.29) is 17.0 Å². The maximum Gasteiger partial charge on any atom is 0.335 e. The quantitative estimate of drug-likeness (QED) is 0.721. The summed E-state index contributed by atoms with van der Waals surface area (Å²) < 4.78 is 1.66. The second-order valence-corrected chi connectivity index (χ2v) is 5.97. The van der Waals surface area contributed by atoms with Crippen molar-refractivity contribution >= 4 is 11.9 Å². The van der Waals surface area contributed by atoms with Crippen LogP contribution >= 0.6 is 0 Å². The molecule has 2 aromatic rings. The monoisotopic (exact) mass is 342 g/mol. The molecule has 0 atom stereocenters. The zero-order valence-corrected chi connectivity index (χ0v) is 14.2. The minimum Gasteiger partial charge on any atom is -0.478 e. The number of rotatable bonds is 8. The zero-order valence-electron chi connectivity index (χ0n) is 14.2. The number of aromatic carboxylic acids is 1. The minimum atomic E-state index is -0.969. The normalized spacial score (nSPS) is 10.4. The number of hydrogen-bond acceptors (Lipinski definition) is 3. The van der Waals surface area contributed by atoms with Gasteiger partial charge in [0.1, 0.15) is 0 Å². The molecule has 0 radical (unpaired) electrons. The summed E-state index contributed by atoms with van der Waals surface area (Å²) in [7, 11) is 0. The highest BCUT2D eigenvalue weighted by atomic mass is 16.4. The summed E-state index contributed by atoms with van der Waals surface area (Å²) in [4.78, 5) is 34.3. The second-order valence-electron chi connectivity index (χ2n) is 5.97. The summed E-state index contributed by atoms with van der Waals surface area (Å²) in [6.07, 6.45) is 3.67. The third-order valence-electron chi connectivity index (χ3n) is 3.87. The van der Waals surface area contributed by atoms with Gasteiger partial charge >= 0.3 is 5.97 Å². The van der Waals surface area contributed by atoms with E-state index < -0.39 is 5.97 Å². The van der Waals surface area contributed by atoms with Gasteiger partial charge in [-0.2, -0.15) is 0 Å². The number of hydrogen-bond donors (Lipinski definition) is 2. The standard InChI is InChI=1S/C19H22N2O4/c1-14-5-10-18(23)21(13-14)11-3-2-4-17(22)20-12-15-6-8-16(9-7-15)19(24)25/h5-10,13H,2-4,11-12H2,1H3,(H,20,22)(H,24,25). The average molecular weight is 342 g/mol. The number of unbranched alkanes of at least 4 members (excludes halogenated alkanes) is 1. The lowest BCUT2D eigenvalue weighted by Crippen LogP contribution is -2.23. The zero-order chi connectivity index (χ0) is 18.2. The Morgan fingerprint density at radius 1 is 1.08 bits per heavy atom. The molecule has 0 fully saturated rings. The van der Waals surface area contributed by atoms with Crippen LogP contribution in [0.15, 0.2) is 47.4 Å². The molecule has 0 aliphatic carbocycles. The Hall–Kier alpha value is -2.89. The van der Waals surface area contributed by atoms with E-state index in [0.717, 1.165) is 17.5 Å². The molecule has 6 heteroatoms. The molecule has 0 aliphatic heterocycles. The van der Waals surface area contributed by atoms with Gasteiger partial charge < -0.3 is 15.0 Å². The van der Waals surface area contributed by atoms with Crippen molar-refractivity contribution in [3.63, 3.8) is 0 Å². The highest BCUT2D eigenvalue weighted by Crippen LogP contribution is 2.05. The van der Waals surface area contributed by atoms with Gasteiger partial charge in [-0.05, 0) is 43.0 Å². The number of nitrogens with one attached hydrogen (secondary N) is 1. The number of pyridine rings is 1. The fourth-order valence-corrected chi connectivity index (χ4v) is 2.45. The third kappa shape index (κ3) is 5.91. The Bertz CT molecular complexity index is 794. The van der Waals surface area contributed by atoms with Crippen molar-refractivity contribution in [1.29, 1.82) is 0 Å². The predicted molar refractivity (Wildman–Crippen MR) is 94.5 cm³/mol. The Labute approximate surface area is 146 Å². The topological polar surface area (TPSA) is 88.4 Å². The van der Waals surface area contributed by atoms with Gasteiger partial charge in [-0.25, -0.2) is 4.79 Å². The Kier molecular flexibility index (Phi) is 6.51. The lowest BCUT2D eigenvalue weighted by molar-refractivity contribution is -0.121. The summed E-state index contributed by atoms with van der Waals surface area (Å²) in [6, 6.07) is 9.75. The van der Waals surface area contributed by atoms with Crippen molar-refractivity contribution in [2.24, 2.45) is 0 Å². The predicted octanol–water partition coefficient (Wildman–Crippen LogP) is 2.34. The molecule has 1 aromatic heterocycles. The van der Waals surface area contributed by atoms with Crippen LogP contribution in [-0.2, 0) is 17.9 Å². The fourth-order valence-electron chi connectivity index (χ4n) is 2.45. The SMILES string of the molecule is Cc1ccc(=O)n(CCCCC(=O)NCc2ccc(C(=O)O)cc2)c1. The van der Waals surface area contributed by atoms with Gasteiger partial charge in [-0.3, -0.25) is 9.59 Å². The van der Waals surface area contributed by atoms with Crippen LogP contribution in [0.3, 0.4) is 0 Å². The molecule has 0 saturated heterocycles. The number of carbonyl (C=O) groups is 2. The molecule has 0 aliphatic rings. The van der Waals surface area contributed by atoms with Gasteiger partial charge in [0, 0.05) is 31.8 Å². The number of amides is 1. The van der Waals surface area contributed by atoms with Crippen molar-refractivity contribution < 1.29 is 14.7 Å². The number of carboxylic acid groups (broad SMARTS) is 1. The van der Waals surface area contributed by atoms with E-state index in [1.165, 1.54) is 12.1 Å². The second kappa shape index (κ2) is 8.82. The van der Waals surface area contributed by atoms with E-state index in [9.17, 15) is 14.4 Å². The minimum absolute atomic E-state index is 0.0279. The van der Waals surface area contributed by atoms with Crippen molar-refractivity contribution in [1.82, 2.24) is 9.88 Å². The molecule has 132 valence electrons. The maximum atomic E-state index is 11.9. The molecule has 0 saturated carbocycles. The molecular weight excluding hydrogens is 320 g/mol. The molecule has 25 heavy (non-hydrogen) atoms. The first kappa shape index (κ1) is 18.4. The van der Waals surface area contributed by atoms with Gasteiger partial charge in [0.25, 0.3) is 5.56 Å². The van der Waals surface area contributed by atoms with Crippen LogP contribution < -0.4 is 10.9 Å². The van der Waals surface area contributed by atoms with Crippen LogP contribution in [0, 0.1) is 6.92 Å². The van der Waals surface area contributed by atoms with Crippen molar-refractivity contribution in [3.05, 3.63) is 69.6 Å². The van der Waals surface area contributed by atoms with E-state index in [1.54, 1.807) is 28.8 Å². The first-order valence-corrected chi connectivity index (χ1v) is 8.22. The van der Waals surface area contributed by atoms with Gasteiger partial charge in [0.05, 0.1) is 5.56 Å². The number of nitrogens with zero attached hydrogens (tertiary/aromatic N) is 1. The summed E-state index contributed by atoms with van der Waals surface area (Å²) in [5, 5.41) is 11.6. The average Bonchev–Trinajstić information content (AvgIpc) is 2.60. The van der Waals surface area contributed by atoms with Gasteiger partial charge in [-0.1, -0.05) is 18.2 Å². The number of carbonyl (C=O) groups excluding carboxylic acids is 1. The maximum absolute atomic E-state index is 11.9. The Morgan fingerprint density at radius 2 is 1.80 bits per heavy atom. The highest BCUT2D eigenvalue weighted by Gasteiger charge is 2.04. The summed E-state index contributed by atoms with van der Waals surface area (Å²) in [6.45, 7) is 2.91. The van der Waals surface area contributed by atoms with Crippen LogP contribution in [0.4, 0.5) is 0 Å². The van der Waals surface area contributed by atoms with Crippen LogP contribution in [0.5, 0.6) is 0 Å². The van der Waals surface area contributed by atoms with Gasteiger partial charge in [0.2, 0.25) is 5.91 Å². The van der Waals surface area contributed by atoms with Crippen molar-refractivity contribution in [3.8, 4) is 0 Å².